The van der Waals surface area contributed by atoms with E-state index in [9.17, 15) is 4.39 Å². The van der Waals surface area contributed by atoms with E-state index in [1.807, 2.05) is 25.8 Å². The highest BCUT2D eigenvalue weighted by Gasteiger charge is 2.21. The van der Waals surface area contributed by atoms with Crippen molar-refractivity contribution in [3.8, 4) is 0 Å². The molecule has 1 fully saturated rings. The highest BCUT2D eigenvalue weighted by molar-refractivity contribution is 5.17. The third kappa shape index (κ3) is 2.03. The van der Waals surface area contributed by atoms with Crippen LogP contribution in [0.2, 0.25) is 0 Å². The van der Waals surface area contributed by atoms with Crippen molar-refractivity contribution in [2.24, 2.45) is 0 Å². The Bertz CT molecular complexity index is 170. The molecule has 1 rings (SSSR count). The Hall–Kier alpha value is -0.370. The van der Waals surface area contributed by atoms with Crippen molar-refractivity contribution >= 4 is 0 Å². The van der Waals surface area contributed by atoms with Gasteiger partial charge >= 0.3 is 0 Å². The molecular weight excluding hydrogens is 141 g/mol. The lowest BCUT2D eigenvalue weighted by Crippen LogP contribution is -2.35. The Balaban J connectivity index is 2.65. The van der Waals surface area contributed by atoms with Gasteiger partial charge in [0, 0.05) is 13.1 Å². The van der Waals surface area contributed by atoms with Gasteiger partial charge in [0.25, 0.3) is 0 Å². The Morgan fingerprint density at radius 2 is 2.18 bits per heavy atom. The summed E-state index contributed by atoms with van der Waals surface area (Å²) in [6.45, 7) is 5.56. The number of nitrogens with zero attached hydrogens (tertiary/aromatic N) is 1. The second kappa shape index (κ2) is 3.35. The predicted molar refractivity (Wildman–Crippen MR) is 45.4 cm³/mol. The molecule has 0 N–H and O–H groups in total. The first-order valence-corrected chi connectivity index (χ1v) is 4.10. The fourth-order valence-electron chi connectivity index (χ4n) is 1.51. The third-order valence-electron chi connectivity index (χ3n) is 2.26. The van der Waals surface area contributed by atoms with Crippen molar-refractivity contribution in [3.63, 3.8) is 0 Å². The standard InChI is InChI=1S/C9H16FN/c1-7(2)8-4-5-11(3)6-9(8)10/h9H,4-6H2,1-3H3. The van der Waals surface area contributed by atoms with Crippen LogP contribution in [0.5, 0.6) is 0 Å². The Kier molecular flexibility index (Phi) is 2.66. The SMILES string of the molecule is CC(C)=C1CCN(C)CC1F. The van der Waals surface area contributed by atoms with Crippen molar-refractivity contribution in [3.05, 3.63) is 11.1 Å². The molecule has 1 unspecified atom stereocenters. The van der Waals surface area contributed by atoms with E-state index in [0.717, 1.165) is 24.1 Å². The summed E-state index contributed by atoms with van der Waals surface area (Å²) in [6.07, 6.45) is 0.179. The smallest absolute Gasteiger partial charge is 0.134 e. The number of allylic oxidation sites excluding steroid dienone is 1. The van der Waals surface area contributed by atoms with Crippen molar-refractivity contribution in [2.75, 3.05) is 20.1 Å². The van der Waals surface area contributed by atoms with E-state index in [4.69, 9.17) is 0 Å². The molecule has 0 saturated carbocycles. The summed E-state index contributed by atoms with van der Waals surface area (Å²) in [6, 6.07) is 0. The number of piperidine rings is 1. The molecule has 1 nitrogen and oxygen atoms in total. The van der Waals surface area contributed by atoms with Gasteiger partial charge in [-0.05, 0) is 32.9 Å². The molecule has 0 aromatic carbocycles. The van der Waals surface area contributed by atoms with Gasteiger partial charge in [-0.3, -0.25) is 0 Å². The Labute approximate surface area is 67.9 Å². The minimum absolute atomic E-state index is 0.570. The number of alkyl halides is 1. The lowest BCUT2D eigenvalue weighted by molar-refractivity contribution is 0.209. The monoisotopic (exact) mass is 157 g/mol. The molecule has 64 valence electrons. The van der Waals surface area contributed by atoms with Crippen LogP contribution in [0, 0.1) is 0 Å². The zero-order valence-electron chi connectivity index (χ0n) is 7.52. The van der Waals surface area contributed by atoms with E-state index in [1.165, 1.54) is 0 Å². The first-order valence-electron chi connectivity index (χ1n) is 4.10. The number of likely N-dealkylation sites (tertiary alicyclic amines) is 1. The fourth-order valence-corrected chi connectivity index (χ4v) is 1.51. The van der Waals surface area contributed by atoms with E-state index >= 15 is 0 Å². The maximum Gasteiger partial charge on any atom is 0.134 e. The summed E-state index contributed by atoms with van der Waals surface area (Å²) in [4.78, 5) is 2.04. The van der Waals surface area contributed by atoms with Crippen LogP contribution in [0.3, 0.4) is 0 Å². The zero-order valence-corrected chi connectivity index (χ0v) is 7.52. The van der Waals surface area contributed by atoms with Crippen molar-refractivity contribution < 1.29 is 4.39 Å². The van der Waals surface area contributed by atoms with E-state index < -0.39 is 6.17 Å². The number of halogens is 1. The Morgan fingerprint density at radius 1 is 1.55 bits per heavy atom. The molecule has 0 aliphatic carbocycles. The molecule has 1 atom stereocenters. The van der Waals surface area contributed by atoms with Gasteiger partial charge in [-0.1, -0.05) is 5.57 Å². The second-order valence-corrected chi connectivity index (χ2v) is 3.51. The second-order valence-electron chi connectivity index (χ2n) is 3.51. The van der Waals surface area contributed by atoms with Gasteiger partial charge in [0.2, 0.25) is 0 Å². The van der Waals surface area contributed by atoms with Gasteiger partial charge in [-0.15, -0.1) is 0 Å². The minimum atomic E-state index is -0.723. The zero-order chi connectivity index (χ0) is 8.43. The normalized spacial score (nSPS) is 27.3. The summed E-state index contributed by atoms with van der Waals surface area (Å²) in [5, 5.41) is 0. The average molecular weight is 157 g/mol. The molecule has 1 aliphatic heterocycles. The summed E-state index contributed by atoms with van der Waals surface area (Å²) in [5.74, 6) is 0. The molecule has 11 heavy (non-hydrogen) atoms. The van der Waals surface area contributed by atoms with E-state index in [-0.39, 0.29) is 0 Å². The molecule has 0 radical (unpaired) electrons. The maximum absolute atomic E-state index is 13.2. The minimum Gasteiger partial charge on any atom is -0.303 e. The molecule has 1 saturated heterocycles. The molecule has 0 aromatic heterocycles. The van der Waals surface area contributed by atoms with Gasteiger partial charge < -0.3 is 4.90 Å². The molecule has 0 aromatic rings. The lowest BCUT2D eigenvalue weighted by Gasteiger charge is -2.28. The third-order valence-corrected chi connectivity index (χ3v) is 2.26. The highest BCUT2D eigenvalue weighted by atomic mass is 19.1. The maximum atomic E-state index is 13.2. The van der Waals surface area contributed by atoms with Gasteiger partial charge in [0.05, 0.1) is 0 Å². The van der Waals surface area contributed by atoms with Gasteiger partial charge in [-0.25, -0.2) is 4.39 Å². The quantitative estimate of drug-likeness (QED) is 0.486. The molecule has 2 heteroatoms. The summed E-state index contributed by atoms with van der Waals surface area (Å²) < 4.78 is 13.2. The van der Waals surface area contributed by atoms with Gasteiger partial charge in [-0.2, -0.15) is 0 Å². The van der Waals surface area contributed by atoms with E-state index in [0.29, 0.717) is 6.54 Å². The van der Waals surface area contributed by atoms with Gasteiger partial charge in [0.15, 0.2) is 0 Å². The number of rotatable bonds is 0. The fraction of sp³-hybridized carbons (Fsp3) is 0.778. The van der Waals surface area contributed by atoms with Gasteiger partial charge in [0.1, 0.15) is 6.17 Å². The van der Waals surface area contributed by atoms with Crippen LogP contribution in [0.1, 0.15) is 20.3 Å². The summed E-state index contributed by atoms with van der Waals surface area (Å²) >= 11 is 0. The van der Waals surface area contributed by atoms with Crippen LogP contribution in [0.15, 0.2) is 11.1 Å². The Morgan fingerprint density at radius 3 is 2.64 bits per heavy atom. The van der Waals surface area contributed by atoms with Crippen molar-refractivity contribution in [2.45, 2.75) is 26.4 Å². The first kappa shape index (κ1) is 8.72. The largest absolute Gasteiger partial charge is 0.303 e. The van der Waals surface area contributed by atoms with Crippen LogP contribution in [0.25, 0.3) is 0 Å². The molecule has 0 amide bonds. The molecule has 1 heterocycles. The summed E-state index contributed by atoms with van der Waals surface area (Å²) in [7, 11) is 1.97. The van der Waals surface area contributed by atoms with Crippen molar-refractivity contribution in [1.82, 2.24) is 4.90 Å². The van der Waals surface area contributed by atoms with E-state index in [2.05, 4.69) is 0 Å². The first-order chi connectivity index (χ1) is 5.11. The highest BCUT2D eigenvalue weighted by Crippen LogP contribution is 2.21. The molecule has 0 bridgehead atoms. The lowest BCUT2D eigenvalue weighted by atomic mass is 9.98. The summed E-state index contributed by atoms with van der Waals surface area (Å²) in [5.41, 5.74) is 2.17. The van der Waals surface area contributed by atoms with Crippen LogP contribution < -0.4 is 0 Å². The molecule has 1 aliphatic rings. The van der Waals surface area contributed by atoms with Crippen LogP contribution in [-0.2, 0) is 0 Å². The van der Waals surface area contributed by atoms with Crippen LogP contribution >= 0.6 is 0 Å². The van der Waals surface area contributed by atoms with Crippen LogP contribution in [0.4, 0.5) is 4.39 Å². The van der Waals surface area contributed by atoms with Crippen molar-refractivity contribution in [1.29, 1.82) is 0 Å². The number of hydrogen-bond donors (Lipinski definition) is 0. The topological polar surface area (TPSA) is 3.24 Å². The predicted octanol–water partition coefficient (Wildman–Crippen LogP) is 2.00. The average Bonchev–Trinajstić information content (AvgIpc) is 1.85. The molecule has 0 spiro atoms. The van der Waals surface area contributed by atoms with E-state index in [1.54, 1.807) is 0 Å². The number of hydrogen-bond acceptors (Lipinski definition) is 1. The van der Waals surface area contributed by atoms with Crippen LogP contribution in [-0.4, -0.2) is 31.2 Å². The molecular formula is C9H16FN.